The van der Waals surface area contributed by atoms with E-state index >= 15 is 0 Å². The molecule has 0 radical (unpaired) electrons. The zero-order valence-electron chi connectivity index (χ0n) is 8.94. The summed E-state index contributed by atoms with van der Waals surface area (Å²) < 4.78 is 1.81. The Morgan fingerprint density at radius 2 is 1.86 bits per heavy atom. The highest BCUT2D eigenvalue weighted by Crippen LogP contribution is 2.19. The third kappa shape index (κ3) is 1.36. The molecule has 14 heavy (non-hydrogen) atoms. The normalized spacial score (nSPS) is 12.3. The quantitative estimate of drug-likeness (QED) is 0.635. The maximum Gasteiger partial charge on any atom is 0.177 e. The molecule has 0 atom stereocenters. The number of hydrogen-bond acceptors (Lipinski definition) is 3. The van der Waals surface area contributed by atoms with Crippen LogP contribution >= 0.6 is 0 Å². The Labute approximate surface area is 83.0 Å². The minimum Gasteiger partial charge on any atom is -0.197 e. The molecule has 0 aliphatic carbocycles. The summed E-state index contributed by atoms with van der Waals surface area (Å²) in [4.78, 5) is 0. The average molecular weight is 190 g/mol. The summed E-state index contributed by atoms with van der Waals surface area (Å²) in [5, 5.41) is 12.6. The van der Waals surface area contributed by atoms with E-state index in [4.69, 9.17) is 0 Å². The Bertz CT molecular complexity index is 464. The second-order valence-corrected chi connectivity index (χ2v) is 4.52. The van der Waals surface area contributed by atoms with Gasteiger partial charge in [0.15, 0.2) is 11.5 Å². The van der Waals surface area contributed by atoms with Crippen molar-refractivity contribution in [3.63, 3.8) is 0 Å². The molecule has 0 amide bonds. The number of aryl methyl sites for hydroxylation is 1. The number of aromatic nitrogens is 4. The first kappa shape index (κ1) is 9.12. The van der Waals surface area contributed by atoms with Crippen molar-refractivity contribution in [2.24, 2.45) is 0 Å². The van der Waals surface area contributed by atoms with Crippen molar-refractivity contribution >= 4 is 5.65 Å². The lowest BCUT2D eigenvalue weighted by Gasteiger charge is -2.14. The summed E-state index contributed by atoms with van der Waals surface area (Å²) in [7, 11) is 0. The van der Waals surface area contributed by atoms with Crippen molar-refractivity contribution in [2.45, 2.75) is 33.1 Å². The van der Waals surface area contributed by atoms with Crippen molar-refractivity contribution in [1.29, 1.82) is 0 Å². The maximum absolute atomic E-state index is 4.39. The van der Waals surface area contributed by atoms with Gasteiger partial charge in [-0.25, -0.2) is 0 Å². The molecule has 2 rings (SSSR count). The largest absolute Gasteiger partial charge is 0.197 e. The Balaban J connectivity index is 2.73. The number of fused-ring (bicyclic) bond motifs is 1. The van der Waals surface area contributed by atoms with Gasteiger partial charge in [-0.1, -0.05) is 20.8 Å². The molecule has 0 saturated carbocycles. The molecule has 0 bridgehead atoms. The van der Waals surface area contributed by atoms with Crippen molar-refractivity contribution in [3.05, 3.63) is 23.7 Å². The summed E-state index contributed by atoms with van der Waals surface area (Å²) >= 11 is 0. The molecule has 2 aromatic heterocycles. The van der Waals surface area contributed by atoms with E-state index in [-0.39, 0.29) is 5.41 Å². The summed E-state index contributed by atoms with van der Waals surface area (Å²) in [6, 6.07) is 3.88. The van der Waals surface area contributed by atoms with Gasteiger partial charge in [0.1, 0.15) is 0 Å². The van der Waals surface area contributed by atoms with Gasteiger partial charge in [-0.3, -0.25) is 0 Å². The van der Waals surface area contributed by atoms with Gasteiger partial charge in [0, 0.05) is 5.41 Å². The van der Waals surface area contributed by atoms with Gasteiger partial charge in [-0.15, -0.1) is 10.2 Å². The van der Waals surface area contributed by atoms with Crippen LogP contribution in [0, 0.1) is 6.92 Å². The molecule has 0 saturated heterocycles. The molecular weight excluding hydrogens is 176 g/mol. The minimum atomic E-state index is -0.0276. The lowest BCUT2D eigenvalue weighted by molar-refractivity contribution is 0.525. The summed E-state index contributed by atoms with van der Waals surface area (Å²) in [5.41, 5.74) is 1.75. The van der Waals surface area contributed by atoms with Crippen LogP contribution in [0.25, 0.3) is 5.65 Å². The second-order valence-electron chi connectivity index (χ2n) is 4.52. The standard InChI is InChI=1S/C10H14N4/c1-7-5-6-8-11-12-9(10(2,3)4)14(8)13-7/h5-6H,1-4H3. The molecule has 0 fully saturated rings. The van der Waals surface area contributed by atoms with E-state index in [1.165, 1.54) is 0 Å². The van der Waals surface area contributed by atoms with E-state index in [0.29, 0.717) is 0 Å². The van der Waals surface area contributed by atoms with Crippen LogP contribution in [0.1, 0.15) is 32.3 Å². The fraction of sp³-hybridized carbons (Fsp3) is 0.500. The summed E-state index contributed by atoms with van der Waals surface area (Å²) in [6.45, 7) is 8.28. The number of rotatable bonds is 0. The van der Waals surface area contributed by atoms with Crippen LogP contribution in [0.3, 0.4) is 0 Å². The molecule has 0 unspecified atom stereocenters. The number of hydrogen-bond donors (Lipinski definition) is 0. The Morgan fingerprint density at radius 3 is 2.50 bits per heavy atom. The first-order valence-electron chi connectivity index (χ1n) is 4.68. The van der Waals surface area contributed by atoms with Crippen LogP contribution in [-0.2, 0) is 5.41 Å². The van der Waals surface area contributed by atoms with Crippen molar-refractivity contribution in [3.8, 4) is 0 Å². The van der Waals surface area contributed by atoms with Gasteiger partial charge >= 0.3 is 0 Å². The molecule has 2 aromatic rings. The lowest BCUT2D eigenvalue weighted by atomic mass is 9.96. The van der Waals surface area contributed by atoms with E-state index in [1.807, 2.05) is 23.6 Å². The predicted octanol–water partition coefficient (Wildman–Crippen LogP) is 1.73. The fourth-order valence-electron chi connectivity index (χ4n) is 1.35. The van der Waals surface area contributed by atoms with Gasteiger partial charge in [-0.05, 0) is 19.1 Å². The molecule has 4 nitrogen and oxygen atoms in total. The van der Waals surface area contributed by atoms with E-state index in [0.717, 1.165) is 17.2 Å². The highest BCUT2D eigenvalue weighted by Gasteiger charge is 2.21. The fourth-order valence-corrected chi connectivity index (χ4v) is 1.35. The van der Waals surface area contributed by atoms with E-state index in [2.05, 4.69) is 36.1 Å². The van der Waals surface area contributed by atoms with Crippen molar-refractivity contribution in [1.82, 2.24) is 19.8 Å². The van der Waals surface area contributed by atoms with Crippen molar-refractivity contribution in [2.75, 3.05) is 0 Å². The first-order valence-corrected chi connectivity index (χ1v) is 4.68. The number of nitrogens with zero attached hydrogens (tertiary/aromatic N) is 4. The monoisotopic (exact) mass is 190 g/mol. The molecule has 74 valence electrons. The van der Waals surface area contributed by atoms with Gasteiger partial charge in [0.05, 0.1) is 5.69 Å². The van der Waals surface area contributed by atoms with E-state index in [9.17, 15) is 0 Å². The average Bonchev–Trinajstić information content (AvgIpc) is 2.45. The van der Waals surface area contributed by atoms with Gasteiger partial charge in [0.25, 0.3) is 0 Å². The van der Waals surface area contributed by atoms with Crippen LogP contribution in [-0.4, -0.2) is 19.8 Å². The minimum absolute atomic E-state index is 0.0276. The molecule has 0 N–H and O–H groups in total. The van der Waals surface area contributed by atoms with Crippen LogP contribution < -0.4 is 0 Å². The third-order valence-electron chi connectivity index (χ3n) is 2.07. The topological polar surface area (TPSA) is 43.1 Å². The predicted molar refractivity (Wildman–Crippen MR) is 54.2 cm³/mol. The van der Waals surface area contributed by atoms with Gasteiger partial charge < -0.3 is 0 Å². The second kappa shape index (κ2) is 2.77. The zero-order valence-corrected chi connectivity index (χ0v) is 8.94. The molecule has 0 aromatic carbocycles. The van der Waals surface area contributed by atoms with Crippen LogP contribution in [0.5, 0.6) is 0 Å². The van der Waals surface area contributed by atoms with Crippen LogP contribution in [0.2, 0.25) is 0 Å². The Hall–Kier alpha value is -1.45. The molecule has 0 aliphatic rings. The zero-order chi connectivity index (χ0) is 10.3. The third-order valence-corrected chi connectivity index (χ3v) is 2.07. The molecular formula is C10H14N4. The maximum atomic E-state index is 4.39. The summed E-state index contributed by atoms with van der Waals surface area (Å²) in [6.07, 6.45) is 0. The van der Waals surface area contributed by atoms with Gasteiger partial charge in [-0.2, -0.15) is 9.61 Å². The molecule has 4 heteroatoms. The summed E-state index contributed by atoms with van der Waals surface area (Å²) in [5.74, 6) is 0.899. The first-order chi connectivity index (χ1) is 6.48. The highest BCUT2D eigenvalue weighted by atomic mass is 15.4. The van der Waals surface area contributed by atoms with E-state index < -0.39 is 0 Å². The molecule has 2 heterocycles. The van der Waals surface area contributed by atoms with Gasteiger partial charge in [0.2, 0.25) is 0 Å². The van der Waals surface area contributed by atoms with Crippen LogP contribution in [0.4, 0.5) is 0 Å². The molecule has 0 aliphatic heterocycles. The van der Waals surface area contributed by atoms with Crippen LogP contribution in [0.15, 0.2) is 12.1 Å². The highest BCUT2D eigenvalue weighted by molar-refractivity contribution is 5.37. The van der Waals surface area contributed by atoms with E-state index in [1.54, 1.807) is 0 Å². The smallest absolute Gasteiger partial charge is 0.177 e. The Morgan fingerprint density at radius 1 is 1.14 bits per heavy atom. The molecule has 0 spiro atoms. The Kier molecular flexibility index (Phi) is 1.80. The van der Waals surface area contributed by atoms with Crippen molar-refractivity contribution < 1.29 is 0 Å². The SMILES string of the molecule is Cc1ccc2nnc(C(C)(C)C)n2n1. The lowest BCUT2D eigenvalue weighted by Crippen LogP contribution is -2.17.